The molecule has 0 fully saturated rings. The van der Waals surface area contributed by atoms with Crippen LogP contribution in [-0.2, 0) is 20.8 Å². The molecule has 0 saturated carbocycles. The number of halogens is 3. The van der Waals surface area contributed by atoms with Crippen LogP contribution < -0.4 is 10.6 Å². The smallest absolute Gasteiger partial charge is 0.460 e. The zero-order chi connectivity index (χ0) is 18.2. The summed E-state index contributed by atoms with van der Waals surface area (Å²) >= 11 is 0. The van der Waals surface area contributed by atoms with Gasteiger partial charge in [-0.15, -0.1) is 0 Å². The summed E-state index contributed by atoms with van der Waals surface area (Å²) in [6.45, 7) is 2.21. The molecule has 1 rings (SSSR count). The summed E-state index contributed by atoms with van der Waals surface area (Å²) in [4.78, 5) is 23.6. The second-order valence-electron chi connectivity index (χ2n) is 4.77. The normalized spacial score (nSPS) is 13.7. The number of benzene rings is 1. The van der Waals surface area contributed by atoms with Crippen molar-refractivity contribution in [1.82, 2.24) is 5.32 Å². The monoisotopic (exact) mass is 349 g/mol. The predicted molar refractivity (Wildman–Crippen MR) is 77.6 cm³/mol. The van der Waals surface area contributed by atoms with Crippen molar-refractivity contribution >= 4 is 12.1 Å². The van der Waals surface area contributed by atoms with Crippen LogP contribution in [-0.4, -0.2) is 37.1 Å². The third-order valence-electron chi connectivity index (χ3n) is 3.11. The number of ether oxygens (including phenoxy) is 2. The van der Waals surface area contributed by atoms with E-state index in [1.807, 2.05) is 0 Å². The van der Waals surface area contributed by atoms with Crippen LogP contribution in [0.25, 0.3) is 0 Å². The van der Waals surface area contributed by atoms with E-state index in [9.17, 15) is 22.8 Å². The molecule has 0 saturated heterocycles. The van der Waals surface area contributed by atoms with Crippen molar-refractivity contribution in [3.05, 3.63) is 35.9 Å². The van der Waals surface area contributed by atoms with E-state index in [4.69, 9.17) is 0 Å². The Morgan fingerprint density at radius 2 is 1.67 bits per heavy atom. The fraction of sp³-hybridized carbons (Fsp3) is 0.467. The number of hydrogen-bond donors (Lipinski definition) is 2. The Morgan fingerprint density at radius 1 is 1.08 bits per heavy atom. The van der Waals surface area contributed by atoms with Crippen LogP contribution in [0.15, 0.2) is 30.3 Å². The Balaban J connectivity index is 3.13. The number of esters is 1. The van der Waals surface area contributed by atoms with E-state index in [0.717, 1.165) is 0 Å². The minimum absolute atomic E-state index is 0.138. The van der Waals surface area contributed by atoms with Crippen LogP contribution in [0, 0.1) is 0 Å². The highest BCUT2D eigenvalue weighted by Gasteiger charge is 2.67. The lowest BCUT2D eigenvalue weighted by Gasteiger charge is -2.30. The topological polar surface area (TPSA) is 81.2 Å². The van der Waals surface area contributed by atoms with Crippen molar-refractivity contribution < 1.29 is 37.6 Å². The minimum Gasteiger partial charge on any atom is -0.460 e. The molecule has 0 bridgehead atoms. The third kappa shape index (κ3) is 4.85. The minimum atomic E-state index is -5.10. The zero-order valence-electron chi connectivity index (χ0n) is 13.4. The van der Waals surface area contributed by atoms with Gasteiger partial charge in [-0.25, -0.2) is 9.59 Å². The number of alkyl halides is 3. The van der Waals surface area contributed by atoms with Gasteiger partial charge in [-0.1, -0.05) is 30.3 Å². The van der Waals surface area contributed by atoms with Gasteiger partial charge in [-0.2, -0.15) is 13.2 Å². The van der Waals surface area contributed by atoms with Gasteiger partial charge in [0.1, 0.15) is 6.54 Å². The van der Waals surface area contributed by atoms with E-state index >= 15 is 0 Å². The van der Waals surface area contributed by atoms with E-state index in [-0.39, 0.29) is 19.8 Å². The number of nitrogens with one attached hydrogen (secondary N) is 1. The van der Waals surface area contributed by atoms with Crippen molar-refractivity contribution in [1.29, 1.82) is 0 Å². The summed E-state index contributed by atoms with van der Waals surface area (Å²) in [5.74, 6) is -1.61. The van der Waals surface area contributed by atoms with Crippen molar-refractivity contribution in [2.24, 2.45) is 0 Å². The molecule has 1 aromatic carbocycles. The molecular weight excluding hydrogens is 329 g/mol. The molecule has 0 radical (unpaired) electrons. The van der Waals surface area contributed by atoms with Crippen molar-refractivity contribution in [2.75, 3.05) is 13.2 Å². The van der Waals surface area contributed by atoms with Gasteiger partial charge < -0.3 is 14.8 Å². The van der Waals surface area contributed by atoms with Crippen LogP contribution >= 0.6 is 0 Å². The zero-order valence-corrected chi connectivity index (χ0v) is 13.4. The molecule has 1 aromatic rings. The number of carbonyl (C=O) groups is 2. The van der Waals surface area contributed by atoms with Gasteiger partial charge in [-0.05, 0) is 13.8 Å². The summed E-state index contributed by atoms with van der Waals surface area (Å²) in [5.41, 5.74) is -2.74. The predicted octanol–water partition coefficient (Wildman–Crippen LogP) is 1.32. The summed E-state index contributed by atoms with van der Waals surface area (Å²) in [6, 6.07) is 8.23. The van der Waals surface area contributed by atoms with Gasteiger partial charge >= 0.3 is 23.9 Å². The number of carbonyl (C=O) groups excluding carboxylic acids is 2. The fourth-order valence-electron chi connectivity index (χ4n) is 1.95. The largest absolute Gasteiger partial charge is 0.478 e. The summed E-state index contributed by atoms with van der Waals surface area (Å²) in [6.07, 6.45) is -6.45. The molecule has 9 heteroatoms. The van der Waals surface area contributed by atoms with Crippen LogP contribution in [0.2, 0.25) is 0 Å². The van der Waals surface area contributed by atoms with E-state index < -0.39 is 23.9 Å². The highest BCUT2D eigenvalue weighted by molar-refractivity contribution is 5.84. The summed E-state index contributed by atoms with van der Waals surface area (Å²) < 4.78 is 50.0. The number of hydrogen-bond acceptors (Lipinski definition) is 4. The lowest BCUT2D eigenvalue weighted by Crippen LogP contribution is -3.06. The van der Waals surface area contributed by atoms with Gasteiger partial charge in [0, 0.05) is 5.56 Å². The van der Waals surface area contributed by atoms with Gasteiger partial charge in [0.15, 0.2) is 0 Å². The maximum Gasteiger partial charge on any atom is 0.478 e. The Kier molecular flexibility index (Phi) is 7.02. The first-order valence-electron chi connectivity index (χ1n) is 7.34. The van der Waals surface area contributed by atoms with Gasteiger partial charge in [0.2, 0.25) is 0 Å². The Hall–Kier alpha value is -2.29. The lowest BCUT2D eigenvalue weighted by molar-refractivity contribution is -0.757. The van der Waals surface area contributed by atoms with E-state index in [0.29, 0.717) is 10.9 Å². The molecular formula is C15H20F3N2O4+. The molecule has 3 N–H and O–H groups in total. The molecule has 0 heterocycles. The number of alkyl carbamates (subject to hydrolysis) is 1. The van der Waals surface area contributed by atoms with Crippen LogP contribution in [0.3, 0.4) is 0 Å². The molecule has 0 aliphatic rings. The molecule has 0 spiro atoms. The highest BCUT2D eigenvalue weighted by Crippen LogP contribution is 2.27. The van der Waals surface area contributed by atoms with E-state index in [2.05, 4.69) is 9.47 Å². The standard InChI is InChI=1S/C15H19F3N2O4/c1-3-23-12(21)14(15(16,17)18,20-13(22)24-4-2)19-10-11-8-6-5-7-9-11/h5-9,19H,3-4,10H2,1-2H3,(H,20,22)/p+1/t14-/m1/s1. The number of rotatable bonds is 7. The first kappa shape index (κ1) is 19.8. The van der Waals surface area contributed by atoms with Gasteiger partial charge in [0.05, 0.1) is 13.2 Å². The Labute approximate surface area is 137 Å². The SMILES string of the molecule is CCOC(=O)N[C@]([NH2+]Cc1ccccc1)(C(=O)OCC)C(F)(F)F. The molecule has 1 atom stereocenters. The maximum atomic E-state index is 13.6. The van der Waals surface area contributed by atoms with Crippen LogP contribution in [0.4, 0.5) is 18.0 Å². The van der Waals surface area contributed by atoms with Crippen LogP contribution in [0.5, 0.6) is 0 Å². The highest BCUT2D eigenvalue weighted by atomic mass is 19.4. The number of nitrogens with two attached hydrogens (primary N) is 1. The second-order valence-corrected chi connectivity index (χ2v) is 4.77. The molecule has 0 aliphatic heterocycles. The summed E-state index contributed by atoms with van der Waals surface area (Å²) in [7, 11) is 0. The van der Waals surface area contributed by atoms with Crippen LogP contribution in [0.1, 0.15) is 19.4 Å². The summed E-state index contributed by atoms with van der Waals surface area (Å²) in [5, 5.41) is 2.29. The number of quaternary nitrogens is 1. The van der Waals surface area contributed by atoms with E-state index in [1.165, 1.54) is 13.8 Å². The maximum absolute atomic E-state index is 13.6. The molecule has 134 valence electrons. The Bertz CT molecular complexity index is 551. The fourth-order valence-corrected chi connectivity index (χ4v) is 1.95. The number of amides is 1. The van der Waals surface area contributed by atoms with E-state index in [1.54, 1.807) is 35.6 Å². The first-order valence-corrected chi connectivity index (χ1v) is 7.34. The molecule has 24 heavy (non-hydrogen) atoms. The average molecular weight is 349 g/mol. The average Bonchev–Trinajstić information content (AvgIpc) is 2.51. The third-order valence-corrected chi connectivity index (χ3v) is 3.11. The molecule has 1 amide bonds. The first-order chi connectivity index (χ1) is 11.3. The van der Waals surface area contributed by atoms with Crippen molar-refractivity contribution in [3.8, 4) is 0 Å². The lowest BCUT2D eigenvalue weighted by atomic mass is 10.1. The molecule has 0 aliphatic carbocycles. The van der Waals surface area contributed by atoms with Gasteiger partial charge in [0.25, 0.3) is 0 Å². The van der Waals surface area contributed by atoms with Gasteiger partial charge in [-0.3, -0.25) is 5.32 Å². The molecule has 6 nitrogen and oxygen atoms in total. The second kappa shape index (κ2) is 8.53. The quantitative estimate of drug-likeness (QED) is 0.575. The van der Waals surface area contributed by atoms with Crippen molar-refractivity contribution in [3.63, 3.8) is 0 Å². The van der Waals surface area contributed by atoms with Crippen molar-refractivity contribution in [2.45, 2.75) is 32.2 Å². The molecule has 0 aromatic heterocycles. The Morgan fingerprint density at radius 3 is 2.17 bits per heavy atom. The molecule has 0 unspecified atom stereocenters.